The Bertz CT molecular complexity index is 927. The zero-order valence-corrected chi connectivity index (χ0v) is 20.0. The van der Waals surface area contributed by atoms with E-state index in [2.05, 4.69) is 10.2 Å². The van der Waals surface area contributed by atoms with Gasteiger partial charge < -0.3 is 19.9 Å². The van der Waals surface area contributed by atoms with Crippen molar-refractivity contribution in [3.05, 3.63) is 69.7 Å². The fourth-order valence-corrected chi connectivity index (χ4v) is 4.89. The van der Waals surface area contributed by atoms with Crippen LogP contribution in [0.25, 0.3) is 0 Å². The number of benzene rings is 2. The molecule has 0 aliphatic carbocycles. The second kappa shape index (κ2) is 11.6. The van der Waals surface area contributed by atoms with E-state index in [0.717, 1.165) is 24.0 Å². The Morgan fingerprint density at radius 3 is 2.67 bits per heavy atom. The van der Waals surface area contributed by atoms with E-state index in [4.69, 9.17) is 32.7 Å². The van der Waals surface area contributed by atoms with Crippen molar-refractivity contribution in [2.45, 2.75) is 56.7 Å². The molecule has 8 heteroatoms. The third-order valence-corrected chi connectivity index (χ3v) is 6.85. The van der Waals surface area contributed by atoms with Crippen LogP contribution >= 0.6 is 23.2 Å². The van der Waals surface area contributed by atoms with E-state index < -0.39 is 6.10 Å². The second-order valence-electron chi connectivity index (χ2n) is 8.76. The van der Waals surface area contributed by atoms with Crippen LogP contribution in [0.1, 0.15) is 30.4 Å². The van der Waals surface area contributed by atoms with E-state index in [9.17, 15) is 9.90 Å². The van der Waals surface area contributed by atoms with Gasteiger partial charge in [-0.1, -0.05) is 53.5 Å². The Hall–Kier alpha value is -1.67. The number of aliphatic hydroxyl groups is 1. The maximum absolute atomic E-state index is 12.5. The van der Waals surface area contributed by atoms with Crippen LogP contribution in [-0.2, 0) is 27.4 Å². The van der Waals surface area contributed by atoms with Gasteiger partial charge in [0.2, 0.25) is 5.91 Å². The van der Waals surface area contributed by atoms with Gasteiger partial charge in [0.15, 0.2) is 0 Å². The fraction of sp³-hybridized carbons (Fsp3) is 0.480. The average Bonchev–Trinajstić information content (AvgIpc) is 2.79. The van der Waals surface area contributed by atoms with Crippen molar-refractivity contribution >= 4 is 29.1 Å². The Morgan fingerprint density at radius 1 is 1.09 bits per heavy atom. The van der Waals surface area contributed by atoms with Crippen molar-refractivity contribution in [2.75, 3.05) is 19.8 Å². The van der Waals surface area contributed by atoms with E-state index in [0.29, 0.717) is 42.7 Å². The molecule has 0 bridgehead atoms. The molecule has 0 aromatic heterocycles. The first-order chi connectivity index (χ1) is 16.0. The molecule has 178 valence electrons. The van der Waals surface area contributed by atoms with E-state index in [1.54, 1.807) is 0 Å². The minimum absolute atomic E-state index is 0.0569. The number of β-amino-alcohol motifs (C(OH)–C–C–N with tert-alkyl or cyclic N) is 1. The predicted molar refractivity (Wildman–Crippen MR) is 128 cm³/mol. The summed E-state index contributed by atoms with van der Waals surface area (Å²) in [6.07, 6.45) is 1.08. The van der Waals surface area contributed by atoms with Gasteiger partial charge in [-0.3, -0.25) is 9.69 Å². The summed E-state index contributed by atoms with van der Waals surface area (Å²) in [5.74, 6) is -0.0569. The van der Waals surface area contributed by atoms with Crippen molar-refractivity contribution in [1.82, 2.24) is 10.2 Å². The van der Waals surface area contributed by atoms with Gasteiger partial charge in [-0.25, -0.2) is 0 Å². The molecule has 2 aliphatic rings. The average molecular weight is 493 g/mol. The summed E-state index contributed by atoms with van der Waals surface area (Å²) in [5.41, 5.74) is 2.02. The van der Waals surface area contributed by atoms with Gasteiger partial charge >= 0.3 is 0 Å². The number of hydrogen-bond donors (Lipinski definition) is 2. The van der Waals surface area contributed by atoms with Gasteiger partial charge in [-0.15, -0.1) is 0 Å². The fourth-order valence-electron chi connectivity index (χ4n) is 4.57. The summed E-state index contributed by atoms with van der Waals surface area (Å²) < 4.78 is 12.0. The van der Waals surface area contributed by atoms with Gasteiger partial charge in [0, 0.05) is 35.7 Å². The standard InChI is InChI=1S/C25H30Cl2N2O4/c26-19-7-5-17(6-8-19)13-29-14-20(30)15-32-16-24-23(29)10-9-21(33-24)11-25(31)28-12-18-3-1-2-4-22(18)27/h1-8,20-21,23-24,30H,9-16H2,(H,28,31)/t20-,21+,23+,24-/m1/s1. The Morgan fingerprint density at radius 2 is 1.88 bits per heavy atom. The summed E-state index contributed by atoms with van der Waals surface area (Å²) in [4.78, 5) is 14.8. The summed E-state index contributed by atoms with van der Waals surface area (Å²) in [7, 11) is 0. The van der Waals surface area contributed by atoms with Gasteiger partial charge in [0.05, 0.1) is 37.9 Å². The van der Waals surface area contributed by atoms with Crippen molar-refractivity contribution in [2.24, 2.45) is 0 Å². The number of nitrogens with zero attached hydrogens (tertiary/aromatic N) is 1. The van der Waals surface area contributed by atoms with Crippen molar-refractivity contribution in [3.8, 4) is 0 Å². The van der Waals surface area contributed by atoms with Gasteiger partial charge in [-0.05, 0) is 42.2 Å². The lowest BCUT2D eigenvalue weighted by atomic mass is 9.94. The summed E-state index contributed by atoms with van der Waals surface area (Å²) in [6, 6.07) is 15.4. The van der Waals surface area contributed by atoms with E-state index in [-0.39, 0.29) is 30.8 Å². The zero-order valence-electron chi connectivity index (χ0n) is 18.5. The van der Waals surface area contributed by atoms with Crippen LogP contribution in [0, 0.1) is 0 Å². The largest absolute Gasteiger partial charge is 0.389 e. The molecule has 0 unspecified atom stereocenters. The molecule has 2 heterocycles. The highest BCUT2D eigenvalue weighted by atomic mass is 35.5. The van der Waals surface area contributed by atoms with Crippen LogP contribution in [0.15, 0.2) is 48.5 Å². The molecule has 0 saturated carbocycles. The Balaban J connectivity index is 1.34. The molecule has 2 fully saturated rings. The van der Waals surface area contributed by atoms with Crippen molar-refractivity contribution < 1.29 is 19.4 Å². The van der Waals surface area contributed by atoms with E-state index in [1.165, 1.54) is 0 Å². The molecule has 6 nitrogen and oxygen atoms in total. The molecule has 2 N–H and O–H groups in total. The van der Waals surface area contributed by atoms with E-state index >= 15 is 0 Å². The molecule has 33 heavy (non-hydrogen) atoms. The molecule has 4 atom stereocenters. The molecule has 2 saturated heterocycles. The molecule has 2 aromatic carbocycles. The second-order valence-corrected chi connectivity index (χ2v) is 9.60. The quantitative estimate of drug-likeness (QED) is 0.641. The molecule has 4 rings (SSSR count). The minimum Gasteiger partial charge on any atom is -0.389 e. The number of carbonyl (C=O) groups excluding carboxylic acids is 1. The smallest absolute Gasteiger partial charge is 0.222 e. The molecule has 2 aromatic rings. The molecule has 1 amide bonds. The maximum atomic E-state index is 12.5. The number of amides is 1. The molecule has 0 spiro atoms. The zero-order chi connectivity index (χ0) is 23.2. The predicted octanol–water partition coefficient (Wildman–Crippen LogP) is 3.81. The van der Waals surface area contributed by atoms with Crippen LogP contribution in [0.5, 0.6) is 0 Å². The summed E-state index contributed by atoms with van der Waals surface area (Å²) in [6.45, 7) is 2.27. The maximum Gasteiger partial charge on any atom is 0.222 e. The lowest BCUT2D eigenvalue weighted by Crippen LogP contribution is -2.55. The number of nitrogens with one attached hydrogen (secondary N) is 1. The van der Waals surface area contributed by atoms with Crippen LogP contribution in [0.2, 0.25) is 10.0 Å². The summed E-state index contributed by atoms with van der Waals surface area (Å²) >= 11 is 12.2. The number of halogens is 2. The van der Waals surface area contributed by atoms with E-state index in [1.807, 2.05) is 48.5 Å². The SMILES string of the molecule is O=C(C[C@@H]1CC[C@H]2[C@@H](COC[C@H](O)CN2Cc2ccc(Cl)cc2)O1)NCc1ccccc1Cl. The van der Waals surface area contributed by atoms with Crippen molar-refractivity contribution in [1.29, 1.82) is 0 Å². The van der Waals surface area contributed by atoms with Gasteiger partial charge in [-0.2, -0.15) is 0 Å². The topological polar surface area (TPSA) is 71.0 Å². The number of aliphatic hydroxyl groups excluding tert-OH is 1. The molecular formula is C25H30Cl2N2O4. The number of hydrogen-bond acceptors (Lipinski definition) is 5. The number of fused-ring (bicyclic) bond motifs is 1. The van der Waals surface area contributed by atoms with Crippen LogP contribution in [-0.4, -0.2) is 60.0 Å². The normalized spacial score (nSPS) is 26.2. The Kier molecular flexibility index (Phi) is 8.63. The van der Waals surface area contributed by atoms with Crippen LogP contribution in [0.3, 0.4) is 0 Å². The monoisotopic (exact) mass is 492 g/mol. The number of ether oxygens (including phenoxy) is 2. The Labute approximate surface area is 204 Å². The lowest BCUT2D eigenvalue weighted by Gasteiger charge is -2.44. The third-order valence-electron chi connectivity index (χ3n) is 6.23. The lowest BCUT2D eigenvalue weighted by molar-refractivity contribution is -0.158. The summed E-state index contributed by atoms with van der Waals surface area (Å²) in [5, 5.41) is 14.6. The van der Waals surface area contributed by atoms with Crippen LogP contribution < -0.4 is 5.32 Å². The number of carbonyl (C=O) groups is 1. The number of rotatable bonds is 6. The van der Waals surface area contributed by atoms with Crippen LogP contribution in [0.4, 0.5) is 0 Å². The first-order valence-corrected chi connectivity index (χ1v) is 12.1. The third kappa shape index (κ3) is 6.92. The highest BCUT2D eigenvalue weighted by Gasteiger charge is 2.38. The van der Waals surface area contributed by atoms with Gasteiger partial charge in [0.1, 0.15) is 0 Å². The first-order valence-electron chi connectivity index (χ1n) is 11.4. The molecule has 0 radical (unpaired) electrons. The minimum atomic E-state index is -0.549. The van der Waals surface area contributed by atoms with Gasteiger partial charge in [0.25, 0.3) is 0 Å². The highest BCUT2D eigenvalue weighted by molar-refractivity contribution is 6.31. The highest BCUT2D eigenvalue weighted by Crippen LogP contribution is 2.29. The molecule has 2 aliphatic heterocycles. The molecular weight excluding hydrogens is 463 g/mol. The first kappa shape index (κ1) is 24.5. The van der Waals surface area contributed by atoms with Crippen molar-refractivity contribution in [3.63, 3.8) is 0 Å².